The number of hydrogen-bond donors (Lipinski definition) is 3. The van der Waals surface area contributed by atoms with E-state index in [1.807, 2.05) is 0 Å². The van der Waals surface area contributed by atoms with E-state index >= 15 is 0 Å². The molecular weight excluding hydrogens is 256 g/mol. The number of nitrogens with zero attached hydrogens (tertiary/aromatic N) is 2. The Morgan fingerprint density at radius 2 is 2.22 bits per heavy atom. The van der Waals surface area contributed by atoms with Crippen molar-refractivity contribution in [3.05, 3.63) is 39.3 Å². The summed E-state index contributed by atoms with van der Waals surface area (Å²) < 4.78 is 1.16. The van der Waals surface area contributed by atoms with E-state index in [1.165, 1.54) is 13.0 Å². The molecule has 1 aromatic heterocycles. The zero-order valence-corrected chi connectivity index (χ0v) is 10.2. The summed E-state index contributed by atoms with van der Waals surface area (Å²) in [7, 11) is 0. The van der Waals surface area contributed by atoms with Crippen molar-refractivity contribution in [1.82, 2.24) is 9.78 Å². The van der Waals surface area contributed by atoms with Crippen LogP contribution in [0.4, 0.5) is 5.69 Å². The van der Waals surface area contributed by atoms with Gasteiger partial charge in [0.15, 0.2) is 16.5 Å². The lowest BCUT2D eigenvalue weighted by atomic mass is 10.3. The second-order valence-corrected chi connectivity index (χ2v) is 4.48. The third kappa shape index (κ3) is 2.22. The number of carbonyl (C=O) groups is 1. The lowest BCUT2D eigenvalue weighted by Crippen LogP contribution is -2.99. The van der Waals surface area contributed by atoms with Crippen molar-refractivity contribution in [2.45, 2.75) is 6.92 Å². The molecule has 7 nitrogen and oxygen atoms in total. The molecule has 0 aliphatic rings. The van der Waals surface area contributed by atoms with Crippen LogP contribution < -0.4 is 10.0 Å². The van der Waals surface area contributed by atoms with Gasteiger partial charge in [0.25, 0.3) is 0 Å². The van der Waals surface area contributed by atoms with Crippen LogP contribution in [-0.4, -0.2) is 20.8 Å². The number of aromatic nitrogens is 2. The van der Waals surface area contributed by atoms with Crippen molar-refractivity contribution in [3.8, 4) is 5.69 Å². The van der Waals surface area contributed by atoms with Crippen molar-refractivity contribution in [2.75, 3.05) is 0 Å². The van der Waals surface area contributed by atoms with Crippen molar-refractivity contribution in [2.24, 2.45) is 0 Å². The van der Waals surface area contributed by atoms with Crippen LogP contribution in [0.2, 0.25) is 0 Å². The van der Waals surface area contributed by atoms with E-state index in [2.05, 4.69) is 5.10 Å². The summed E-state index contributed by atoms with van der Waals surface area (Å²) in [6.45, 7) is 1.35. The van der Waals surface area contributed by atoms with Gasteiger partial charge >= 0.3 is 0 Å². The zero-order chi connectivity index (χ0) is 13.3. The lowest BCUT2D eigenvalue weighted by Gasteiger charge is -2.14. The maximum atomic E-state index is 11.2. The molecular formula is C10H10N4O3S. The predicted octanol–water partition coefficient (Wildman–Crippen LogP) is 0.0193. The molecule has 1 heterocycles. The average molecular weight is 266 g/mol. The highest BCUT2D eigenvalue weighted by Crippen LogP contribution is 2.14. The smallest absolute Gasteiger partial charge is 0.205 e. The summed E-state index contributed by atoms with van der Waals surface area (Å²) in [4.78, 5) is 11.2. The third-order valence-corrected chi connectivity index (χ3v) is 3.17. The van der Waals surface area contributed by atoms with E-state index in [0.29, 0.717) is 0 Å². The third-order valence-electron chi connectivity index (χ3n) is 2.24. The summed E-state index contributed by atoms with van der Waals surface area (Å²) in [6.07, 6.45) is 0. The van der Waals surface area contributed by atoms with E-state index in [9.17, 15) is 10.0 Å². The van der Waals surface area contributed by atoms with Gasteiger partial charge in [-0.1, -0.05) is 23.5 Å². The van der Waals surface area contributed by atoms with Gasteiger partial charge in [0.2, 0.25) is 4.80 Å². The molecule has 8 heteroatoms. The molecule has 1 unspecified atom stereocenters. The highest BCUT2D eigenvalue weighted by Gasteiger charge is 2.15. The van der Waals surface area contributed by atoms with Gasteiger partial charge in [-0.3, -0.25) is 10.2 Å². The number of rotatable bonds is 3. The number of quaternary nitrogens is 1. The van der Waals surface area contributed by atoms with E-state index in [0.717, 1.165) is 16.0 Å². The standard InChI is InChI=1S/C10H10N4O3S/c1-6(15)9-12-13(10(11)18-9)7-4-2-3-5-8(7)14(16)17/h2-5,11,14,16H,1H3. The largest absolute Gasteiger partial charge is 0.595 e. The molecule has 1 aromatic carbocycles. The molecule has 2 aromatic rings. The topological polar surface area (TPSA) is 106 Å². The van der Waals surface area contributed by atoms with E-state index in [4.69, 9.17) is 10.6 Å². The first-order valence-corrected chi connectivity index (χ1v) is 5.80. The number of benzene rings is 1. The molecule has 0 radical (unpaired) electrons. The number of carbonyl (C=O) groups excluding carboxylic acids is 1. The molecule has 3 N–H and O–H groups in total. The fourth-order valence-corrected chi connectivity index (χ4v) is 2.11. The highest BCUT2D eigenvalue weighted by molar-refractivity contribution is 7.10. The van der Waals surface area contributed by atoms with Crippen LogP contribution in [0.3, 0.4) is 0 Å². The number of para-hydroxylation sites is 2. The average Bonchev–Trinajstić information content (AvgIpc) is 2.71. The van der Waals surface area contributed by atoms with Gasteiger partial charge in [0, 0.05) is 13.0 Å². The summed E-state index contributed by atoms with van der Waals surface area (Å²) in [5.74, 6) is -0.250. The van der Waals surface area contributed by atoms with Crippen LogP contribution in [0.15, 0.2) is 24.3 Å². The van der Waals surface area contributed by atoms with Gasteiger partial charge in [-0.2, -0.15) is 15.0 Å². The van der Waals surface area contributed by atoms with Crippen LogP contribution in [0.25, 0.3) is 5.69 Å². The molecule has 94 valence electrons. The molecule has 0 saturated carbocycles. The molecule has 0 aliphatic carbocycles. The molecule has 0 bridgehead atoms. The van der Waals surface area contributed by atoms with Crippen LogP contribution >= 0.6 is 11.3 Å². The minimum Gasteiger partial charge on any atom is -0.595 e. The van der Waals surface area contributed by atoms with E-state index < -0.39 is 5.23 Å². The van der Waals surface area contributed by atoms with Crippen molar-refractivity contribution >= 4 is 22.8 Å². The Balaban J connectivity index is 2.62. The molecule has 0 saturated heterocycles. The van der Waals surface area contributed by atoms with Gasteiger partial charge in [-0.05, 0) is 6.07 Å². The zero-order valence-electron chi connectivity index (χ0n) is 9.38. The molecule has 1 atom stereocenters. The van der Waals surface area contributed by atoms with Crippen molar-refractivity contribution in [3.63, 3.8) is 0 Å². The molecule has 2 rings (SSSR count). The predicted molar refractivity (Wildman–Crippen MR) is 63.1 cm³/mol. The quantitative estimate of drug-likeness (QED) is 0.537. The monoisotopic (exact) mass is 266 g/mol. The lowest BCUT2D eigenvalue weighted by molar-refractivity contribution is -0.991. The number of hydrogen-bond acceptors (Lipinski definition) is 6. The summed E-state index contributed by atoms with van der Waals surface area (Å²) in [5.41, 5.74) is 0.315. The van der Waals surface area contributed by atoms with E-state index in [1.54, 1.807) is 18.2 Å². The first-order valence-electron chi connectivity index (χ1n) is 4.99. The Bertz CT molecular complexity index is 647. The fourth-order valence-electron chi connectivity index (χ4n) is 1.44. The first kappa shape index (κ1) is 12.6. The Kier molecular flexibility index (Phi) is 3.34. The van der Waals surface area contributed by atoms with Crippen LogP contribution in [0.5, 0.6) is 0 Å². The number of nitrogens with one attached hydrogen (secondary N) is 2. The maximum Gasteiger partial charge on any atom is 0.205 e. The van der Waals surface area contributed by atoms with Gasteiger partial charge in [0.05, 0.1) is 0 Å². The van der Waals surface area contributed by atoms with Crippen LogP contribution in [0.1, 0.15) is 16.7 Å². The molecule has 0 fully saturated rings. The second-order valence-electron chi connectivity index (χ2n) is 3.50. The maximum absolute atomic E-state index is 11.2. The summed E-state index contributed by atoms with van der Waals surface area (Å²) in [6, 6.07) is 6.22. The fraction of sp³-hybridized carbons (Fsp3) is 0.100. The minimum atomic E-state index is -1.10. The summed E-state index contributed by atoms with van der Waals surface area (Å²) >= 11 is 0.914. The Labute approximate surface area is 106 Å². The van der Waals surface area contributed by atoms with Crippen LogP contribution in [0, 0.1) is 10.6 Å². The molecule has 0 aliphatic heterocycles. The van der Waals surface area contributed by atoms with Gasteiger partial charge in [-0.25, -0.2) is 5.21 Å². The molecule has 0 amide bonds. The normalized spacial score (nSPS) is 12.4. The molecule has 18 heavy (non-hydrogen) atoms. The van der Waals surface area contributed by atoms with E-state index in [-0.39, 0.29) is 27.0 Å². The number of ketones is 1. The first-order chi connectivity index (χ1) is 8.50. The second kappa shape index (κ2) is 4.78. The minimum absolute atomic E-state index is 0.00824. The van der Waals surface area contributed by atoms with Gasteiger partial charge in [-0.15, -0.1) is 0 Å². The Morgan fingerprint density at radius 3 is 2.78 bits per heavy atom. The highest BCUT2D eigenvalue weighted by atomic mass is 32.1. The Morgan fingerprint density at radius 1 is 1.56 bits per heavy atom. The number of Topliss-reactive ketones (excluding diaryl/α,β-unsaturated/α-hetero) is 1. The van der Waals surface area contributed by atoms with Crippen molar-refractivity contribution in [1.29, 1.82) is 5.41 Å². The van der Waals surface area contributed by atoms with Gasteiger partial charge < -0.3 is 5.21 Å². The van der Waals surface area contributed by atoms with Crippen LogP contribution in [-0.2, 0) is 0 Å². The van der Waals surface area contributed by atoms with Gasteiger partial charge in [0.1, 0.15) is 5.69 Å². The molecule has 0 spiro atoms. The Hall–Kier alpha value is -1.87. The SMILES string of the molecule is CC(=O)c1nn(-c2ccccc2[NH+]([O-])O)c(=N)s1. The van der Waals surface area contributed by atoms with Crippen molar-refractivity contribution < 1.29 is 15.2 Å². The summed E-state index contributed by atoms with van der Waals surface area (Å²) in [5, 5.41) is 30.9.